The van der Waals surface area contributed by atoms with Crippen molar-refractivity contribution in [1.82, 2.24) is 9.88 Å². The molecule has 1 aliphatic rings. The van der Waals surface area contributed by atoms with E-state index in [1.54, 1.807) is 29.3 Å². The number of thiophene rings is 1. The normalized spacial score (nSPS) is 14.2. The van der Waals surface area contributed by atoms with Gasteiger partial charge in [-0.15, -0.1) is 11.3 Å². The number of H-pyrrole nitrogens is 1. The molecule has 0 radical (unpaired) electrons. The van der Waals surface area contributed by atoms with Gasteiger partial charge in [0.15, 0.2) is 5.78 Å². The van der Waals surface area contributed by atoms with E-state index in [4.69, 9.17) is 23.2 Å². The molecule has 0 aliphatic carbocycles. The molecular formula is C24H18Cl2FN3O2S. The number of amides is 1. The lowest BCUT2D eigenvalue weighted by Crippen LogP contribution is -2.48. The van der Waals surface area contributed by atoms with Crippen LogP contribution in [0.1, 0.15) is 26.3 Å². The molecule has 1 fully saturated rings. The van der Waals surface area contributed by atoms with Crippen molar-refractivity contribution in [3.05, 3.63) is 85.9 Å². The van der Waals surface area contributed by atoms with Gasteiger partial charge in [0.05, 0.1) is 10.0 Å². The fourth-order valence-corrected chi connectivity index (χ4v) is 5.59. The van der Waals surface area contributed by atoms with Gasteiger partial charge in [0.2, 0.25) is 0 Å². The molecule has 3 heterocycles. The number of hydrogen-bond donors (Lipinski definition) is 1. The number of benzene rings is 2. The molecule has 1 N–H and O–H groups in total. The van der Waals surface area contributed by atoms with Crippen molar-refractivity contribution in [3.63, 3.8) is 0 Å². The number of hydrogen-bond acceptors (Lipinski definition) is 4. The Morgan fingerprint density at radius 2 is 1.64 bits per heavy atom. The lowest BCUT2D eigenvalue weighted by Gasteiger charge is -2.35. The Kier molecular flexibility index (Phi) is 5.86. The van der Waals surface area contributed by atoms with E-state index < -0.39 is 5.82 Å². The topological polar surface area (TPSA) is 56.4 Å². The summed E-state index contributed by atoms with van der Waals surface area (Å²) in [6.45, 7) is 2.41. The highest BCUT2D eigenvalue weighted by Gasteiger charge is 2.25. The van der Waals surface area contributed by atoms with Crippen molar-refractivity contribution in [3.8, 4) is 0 Å². The van der Waals surface area contributed by atoms with E-state index in [1.807, 2.05) is 6.07 Å². The predicted molar refractivity (Wildman–Crippen MR) is 131 cm³/mol. The van der Waals surface area contributed by atoms with Gasteiger partial charge in [-0.25, -0.2) is 4.39 Å². The van der Waals surface area contributed by atoms with E-state index >= 15 is 0 Å². The van der Waals surface area contributed by atoms with Gasteiger partial charge in [-0.1, -0.05) is 23.2 Å². The molecular weight excluding hydrogens is 484 g/mol. The number of carbonyl (C=O) groups excluding carboxylic acids is 2. The average molecular weight is 502 g/mol. The molecule has 1 amide bonds. The van der Waals surface area contributed by atoms with Crippen LogP contribution in [0.5, 0.6) is 0 Å². The molecule has 0 bridgehead atoms. The van der Waals surface area contributed by atoms with Gasteiger partial charge in [-0.2, -0.15) is 0 Å². The number of nitrogens with zero attached hydrogens (tertiary/aromatic N) is 2. The van der Waals surface area contributed by atoms with E-state index in [9.17, 15) is 14.0 Å². The Balaban J connectivity index is 1.35. The number of aromatic nitrogens is 1. The molecule has 0 saturated carbocycles. The molecule has 1 aliphatic heterocycles. The third kappa shape index (κ3) is 4.24. The molecule has 2 aromatic heterocycles. The fourth-order valence-electron chi connectivity index (χ4n) is 4.08. The zero-order valence-electron chi connectivity index (χ0n) is 17.3. The number of aromatic amines is 1. The third-order valence-electron chi connectivity index (χ3n) is 5.83. The number of anilines is 1. The Hall–Kier alpha value is -2.87. The van der Waals surface area contributed by atoms with Gasteiger partial charge in [-0.05, 0) is 48.5 Å². The first kappa shape index (κ1) is 21.9. The number of nitrogens with one attached hydrogen (secondary N) is 1. The summed E-state index contributed by atoms with van der Waals surface area (Å²) in [5, 5.41) is 0.661. The molecule has 4 aromatic rings. The predicted octanol–water partition coefficient (Wildman–Crippen LogP) is 5.87. The van der Waals surface area contributed by atoms with Crippen LogP contribution in [0, 0.1) is 5.82 Å². The van der Waals surface area contributed by atoms with Crippen molar-refractivity contribution in [2.24, 2.45) is 0 Å². The maximum absolute atomic E-state index is 13.2. The second kappa shape index (κ2) is 8.82. The summed E-state index contributed by atoms with van der Waals surface area (Å²) in [4.78, 5) is 33.2. The second-order valence-corrected chi connectivity index (χ2v) is 10.1. The minimum atomic E-state index is -0.400. The average Bonchev–Trinajstić information content (AvgIpc) is 3.40. The summed E-state index contributed by atoms with van der Waals surface area (Å²) >= 11 is 13.7. The van der Waals surface area contributed by atoms with Gasteiger partial charge in [0.25, 0.3) is 5.91 Å². The SMILES string of the molecule is O=C(c1ccc(F)cc1)c1c[nH]c2ccc(C(=O)N3CCN(c4cc(Cl)sc4Cl)CC3)cc12. The molecule has 0 spiro atoms. The number of fused-ring (bicyclic) bond motifs is 1. The lowest BCUT2D eigenvalue weighted by atomic mass is 10.0. The highest BCUT2D eigenvalue weighted by Crippen LogP contribution is 2.38. The van der Waals surface area contributed by atoms with Gasteiger partial charge < -0.3 is 14.8 Å². The van der Waals surface area contributed by atoms with Crippen molar-refractivity contribution >= 4 is 62.8 Å². The van der Waals surface area contributed by atoms with Gasteiger partial charge in [0, 0.05) is 60.0 Å². The fraction of sp³-hybridized carbons (Fsp3) is 0.167. The Labute approximate surface area is 203 Å². The Bertz CT molecular complexity index is 1360. The van der Waals surface area contributed by atoms with Crippen LogP contribution in [-0.4, -0.2) is 47.8 Å². The summed E-state index contributed by atoms with van der Waals surface area (Å²) in [5.41, 5.74) is 3.00. The first-order chi connectivity index (χ1) is 15.9. The van der Waals surface area contributed by atoms with Crippen LogP contribution in [0.4, 0.5) is 10.1 Å². The first-order valence-corrected chi connectivity index (χ1v) is 11.9. The Morgan fingerprint density at radius 1 is 0.939 bits per heavy atom. The third-order valence-corrected chi connectivity index (χ3v) is 7.29. The summed E-state index contributed by atoms with van der Waals surface area (Å²) in [6, 6.07) is 12.6. The van der Waals surface area contributed by atoms with Gasteiger partial charge in [-0.3, -0.25) is 9.59 Å². The molecule has 33 heavy (non-hydrogen) atoms. The van der Waals surface area contributed by atoms with Crippen LogP contribution in [0.25, 0.3) is 10.9 Å². The van der Waals surface area contributed by atoms with Gasteiger partial charge >= 0.3 is 0 Å². The van der Waals surface area contributed by atoms with Crippen LogP contribution >= 0.6 is 34.5 Å². The Morgan fingerprint density at radius 3 is 2.30 bits per heavy atom. The standard InChI is InChI=1S/C24H18Cl2FN3O2S/c25-21-12-20(23(26)33-21)29-7-9-30(10-8-29)24(32)15-3-6-19-17(11-15)18(13-28-19)22(31)14-1-4-16(27)5-2-14/h1-6,11-13,28H,7-10H2. The van der Waals surface area contributed by atoms with Gasteiger partial charge in [0.1, 0.15) is 10.2 Å². The molecule has 0 atom stereocenters. The van der Waals surface area contributed by atoms with Crippen molar-refractivity contribution in [2.75, 3.05) is 31.1 Å². The quantitative estimate of drug-likeness (QED) is 0.355. The smallest absolute Gasteiger partial charge is 0.253 e. The maximum atomic E-state index is 13.2. The minimum Gasteiger partial charge on any atom is -0.366 e. The molecule has 9 heteroatoms. The van der Waals surface area contributed by atoms with E-state index in [0.717, 1.165) is 11.2 Å². The van der Waals surface area contributed by atoms with Crippen molar-refractivity contribution < 1.29 is 14.0 Å². The van der Waals surface area contributed by atoms with Crippen LogP contribution in [0.2, 0.25) is 8.67 Å². The summed E-state index contributed by atoms with van der Waals surface area (Å²) in [5.74, 6) is -0.721. The minimum absolute atomic E-state index is 0.0904. The van der Waals surface area contributed by atoms with Crippen LogP contribution < -0.4 is 4.90 Å². The maximum Gasteiger partial charge on any atom is 0.253 e. The number of halogens is 3. The summed E-state index contributed by atoms with van der Waals surface area (Å²) < 4.78 is 14.5. The summed E-state index contributed by atoms with van der Waals surface area (Å²) in [6.07, 6.45) is 1.62. The van der Waals surface area contributed by atoms with Crippen molar-refractivity contribution in [1.29, 1.82) is 0 Å². The number of rotatable bonds is 4. The summed E-state index contributed by atoms with van der Waals surface area (Å²) in [7, 11) is 0. The first-order valence-electron chi connectivity index (χ1n) is 10.3. The van der Waals surface area contributed by atoms with E-state index in [2.05, 4.69) is 9.88 Å². The largest absolute Gasteiger partial charge is 0.366 e. The van der Waals surface area contributed by atoms with Crippen LogP contribution in [0.3, 0.4) is 0 Å². The molecule has 2 aromatic carbocycles. The molecule has 0 unspecified atom stereocenters. The highest BCUT2D eigenvalue weighted by atomic mass is 35.5. The van der Waals surface area contributed by atoms with Crippen LogP contribution in [-0.2, 0) is 0 Å². The lowest BCUT2D eigenvalue weighted by molar-refractivity contribution is 0.0746. The van der Waals surface area contributed by atoms with E-state index in [0.29, 0.717) is 56.9 Å². The zero-order chi connectivity index (χ0) is 23.1. The number of ketones is 1. The van der Waals surface area contributed by atoms with E-state index in [-0.39, 0.29) is 11.7 Å². The molecule has 168 valence electrons. The second-order valence-electron chi connectivity index (χ2n) is 7.79. The van der Waals surface area contributed by atoms with Crippen molar-refractivity contribution in [2.45, 2.75) is 0 Å². The van der Waals surface area contributed by atoms with Crippen LogP contribution in [0.15, 0.2) is 54.7 Å². The zero-order valence-corrected chi connectivity index (χ0v) is 19.6. The monoisotopic (exact) mass is 501 g/mol. The number of carbonyl (C=O) groups is 2. The molecule has 5 nitrogen and oxygen atoms in total. The number of piperazine rings is 1. The molecule has 5 rings (SSSR count). The highest BCUT2D eigenvalue weighted by molar-refractivity contribution is 7.20. The van der Waals surface area contributed by atoms with E-state index in [1.165, 1.54) is 35.6 Å². The molecule has 1 saturated heterocycles.